The number of rotatable bonds is 2. The molecule has 0 saturated carbocycles. The summed E-state index contributed by atoms with van der Waals surface area (Å²) in [5, 5.41) is 3.63. The van der Waals surface area contributed by atoms with Gasteiger partial charge in [0.1, 0.15) is 0 Å². The van der Waals surface area contributed by atoms with Crippen molar-refractivity contribution in [3.8, 4) is 0 Å². The Morgan fingerprint density at radius 1 is 1.38 bits per heavy atom. The van der Waals surface area contributed by atoms with E-state index in [-0.39, 0.29) is 0 Å². The van der Waals surface area contributed by atoms with Crippen LogP contribution in [0.25, 0.3) is 0 Å². The van der Waals surface area contributed by atoms with Gasteiger partial charge in [-0.15, -0.1) is 0 Å². The van der Waals surface area contributed by atoms with Crippen molar-refractivity contribution < 1.29 is 9.59 Å². The van der Waals surface area contributed by atoms with Crippen molar-refractivity contribution in [3.63, 3.8) is 0 Å². The Kier molecular flexibility index (Phi) is 3.77. The molecule has 0 heterocycles. The van der Waals surface area contributed by atoms with E-state index in [2.05, 4.69) is 5.10 Å². The number of nitrogens with two attached hydrogens (primary N) is 1. The van der Waals surface area contributed by atoms with Gasteiger partial charge in [0.25, 0.3) is 0 Å². The lowest BCUT2D eigenvalue weighted by Crippen LogP contribution is -2.32. The molecule has 2 amide bonds. The van der Waals surface area contributed by atoms with Crippen molar-refractivity contribution in [2.24, 2.45) is 10.8 Å². The first-order valence-electron chi connectivity index (χ1n) is 4.71. The minimum Gasteiger partial charge on any atom is -0.361 e. The Hall–Kier alpha value is -2.17. The third kappa shape index (κ3) is 3.20. The number of hydrazone groups is 1. The van der Waals surface area contributed by atoms with Crippen LogP contribution in [0.1, 0.15) is 16.7 Å². The highest BCUT2D eigenvalue weighted by molar-refractivity contribution is 6.34. The quantitative estimate of drug-likeness (QED) is 0.424. The van der Waals surface area contributed by atoms with E-state index < -0.39 is 11.8 Å². The van der Waals surface area contributed by atoms with Gasteiger partial charge in [0.05, 0.1) is 6.21 Å². The third-order valence-corrected chi connectivity index (χ3v) is 2.02. The molecule has 0 radical (unpaired) electrons. The summed E-state index contributed by atoms with van der Waals surface area (Å²) in [6.45, 7) is 3.92. The monoisotopic (exact) mass is 219 g/mol. The van der Waals surface area contributed by atoms with Crippen molar-refractivity contribution in [3.05, 3.63) is 34.9 Å². The van der Waals surface area contributed by atoms with E-state index in [9.17, 15) is 9.59 Å². The van der Waals surface area contributed by atoms with E-state index in [0.717, 1.165) is 16.7 Å². The number of carbonyl (C=O) groups is 2. The molecule has 0 bridgehead atoms. The molecule has 1 rings (SSSR count). The van der Waals surface area contributed by atoms with Crippen LogP contribution in [0.2, 0.25) is 0 Å². The molecule has 1 aromatic carbocycles. The van der Waals surface area contributed by atoms with Crippen LogP contribution in [0.3, 0.4) is 0 Å². The zero-order chi connectivity index (χ0) is 12.1. The highest BCUT2D eigenvalue weighted by atomic mass is 16.2. The van der Waals surface area contributed by atoms with Gasteiger partial charge in [0.2, 0.25) is 0 Å². The second-order valence-electron chi connectivity index (χ2n) is 3.42. The largest absolute Gasteiger partial charge is 0.361 e. The van der Waals surface area contributed by atoms with Gasteiger partial charge in [0, 0.05) is 0 Å². The number of nitrogens with one attached hydrogen (secondary N) is 1. The molecule has 5 nitrogen and oxygen atoms in total. The van der Waals surface area contributed by atoms with Crippen LogP contribution in [0, 0.1) is 13.8 Å². The zero-order valence-electron chi connectivity index (χ0n) is 9.15. The Morgan fingerprint density at radius 2 is 2.06 bits per heavy atom. The van der Waals surface area contributed by atoms with Crippen molar-refractivity contribution in [1.29, 1.82) is 0 Å². The molecule has 0 spiro atoms. The maximum atomic E-state index is 10.8. The summed E-state index contributed by atoms with van der Waals surface area (Å²) in [6, 6.07) is 5.81. The summed E-state index contributed by atoms with van der Waals surface area (Å²) in [6.07, 6.45) is 1.47. The van der Waals surface area contributed by atoms with E-state index in [1.807, 2.05) is 37.5 Å². The molecule has 5 heteroatoms. The summed E-state index contributed by atoms with van der Waals surface area (Å²) in [5.41, 5.74) is 9.83. The molecule has 16 heavy (non-hydrogen) atoms. The number of hydrogen-bond acceptors (Lipinski definition) is 3. The molecule has 0 aliphatic carbocycles. The Morgan fingerprint density at radius 3 is 2.62 bits per heavy atom. The van der Waals surface area contributed by atoms with E-state index in [1.54, 1.807) is 0 Å². The number of hydrogen-bond donors (Lipinski definition) is 2. The number of benzene rings is 1. The van der Waals surface area contributed by atoms with Crippen molar-refractivity contribution in [2.75, 3.05) is 0 Å². The molecule has 0 saturated heterocycles. The number of primary amides is 1. The average Bonchev–Trinajstić information content (AvgIpc) is 2.20. The van der Waals surface area contributed by atoms with Crippen LogP contribution in [0.4, 0.5) is 0 Å². The number of carbonyl (C=O) groups excluding carboxylic acids is 2. The average molecular weight is 219 g/mol. The van der Waals surface area contributed by atoms with E-state index in [4.69, 9.17) is 5.73 Å². The number of nitrogens with zero attached hydrogens (tertiary/aromatic N) is 1. The molecular weight excluding hydrogens is 206 g/mol. The van der Waals surface area contributed by atoms with Gasteiger partial charge >= 0.3 is 11.8 Å². The predicted molar refractivity (Wildman–Crippen MR) is 60.8 cm³/mol. The molecule has 84 valence electrons. The van der Waals surface area contributed by atoms with E-state index in [1.165, 1.54) is 6.21 Å². The molecular formula is C11H13N3O2. The van der Waals surface area contributed by atoms with Gasteiger partial charge in [-0.2, -0.15) is 5.10 Å². The van der Waals surface area contributed by atoms with Crippen LogP contribution >= 0.6 is 0 Å². The Labute approximate surface area is 93.3 Å². The van der Waals surface area contributed by atoms with Crippen molar-refractivity contribution >= 4 is 18.0 Å². The molecule has 0 aliphatic heterocycles. The maximum Gasteiger partial charge on any atom is 0.329 e. The normalized spacial score (nSPS) is 10.4. The lowest BCUT2D eigenvalue weighted by atomic mass is 10.1. The minimum absolute atomic E-state index is 0.871. The molecule has 3 N–H and O–H groups in total. The molecule has 1 aromatic rings. The lowest BCUT2D eigenvalue weighted by Gasteiger charge is -2.00. The van der Waals surface area contributed by atoms with Gasteiger partial charge in [-0.05, 0) is 25.0 Å². The predicted octanol–water partition coefficient (Wildman–Crippen LogP) is 0.239. The maximum absolute atomic E-state index is 10.8. The highest BCUT2D eigenvalue weighted by Gasteiger charge is 2.05. The van der Waals surface area contributed by atoms with Crippen LogP contribution < -0.4 is 11.2 Å². The van der Waals surface area contributed by atoms with Crippen molar-refractivity contribution in [2.45, 2.75) is 13.8 Å². The molecule has 0 atom stereocenters. The fourth-order valence-corrected chi connectivity index (χ4v) is 1.19. The second-order valence-corrected chi connectivity index (χ2v) is 3.42. The summed E-state index contributed by atoms with van der Waals surface area (Å²) in [4.78, 5) is 21.2. The fraction of sp³-hybridized carbons (Fsp3) is 0.182. The van der Waals surface area contributed by atoms with Crippen LogP contribution in [0.5, 0.6) is 0 Å². The molecule has 0 aliphatic rings. The van der Waals surface area contributed by atoms with Gasteiger partial charge in [-0.3, -0.25) is 9.59 Å². The number of amides is 2. The SMILES string of the molecule is Cc1ccc(/C=N/NC(=O)C(N)=O)c(C)c1. The minimum atomic E-state index is -1.06. The molecule has 0 aromatic heterocycles. The summed E-state index contributed by atoms with van der Waals surface area (Å²) < 4.78 is 0. The first-order chi connectivity index (χ1) is 7.50. The van der Waals surface area contributed by atoms with Gasteiger partial charge < -0.3 is 5.73 Å². The van der Waals surface area contributed by atoms with E-state index >= 15 is 0 Å². The number of aryl methyl sites for hydroxylation is 2. The standard InChI is InChI=1S/C11H13N3O2/c1-7-3-4-9(8(2)5-7)6-13-14-11(16)10(12)15/h3-6H,1-2H3,(H2,12,15)(H,14,16)/b13-6+. The Bertz CT molecular complexity index is 453. The summed E-state index contributed by atoms with van der Waals surface area (Å²) >= 11 is 0. The van der Waals surface area contributed by atoms with Crippen LogP contribution in [-0.2, 0) is 9.59 Å². The van der Waals surface area contributed by atoms with Gasteiger partial charge in [-0.25, -0.2) is 5.43 Å². The Balaban J connectivity index is 2.70. The smallest absolute Gasteiger partial charge is 0.329 e. The fourth-order valence-electron chi connectivity index (χ4n) is 1.19. The molecule has 0 unspecified atom stereocenters. The van der Waals surface area contributed by atoms with E-state index in [0.29, 0.717) is 0 Å². The first kappa shape index (κ1) is 11.9. The van der Waals surface area contributed by atoms with Gasteiger partial charge in [-0.1, -0.05) is 23.8 Å². The van der Waals surface area contributed by atoms with Gasteiger partial charge in [0.15, 0.2) is 0 Å². The molecule has 0 fully saturated rings. The van der Waals surface area contributed by atoms with Crippen LogP contribution in [0.15, 0.2) is 23.3 Å². The summed E-state index contributed by atoms with van der Waals surface area (Å²) in [7, 11) is 0. The van der Waals surface area contributed by atoms with Crippen molar-refractivity contribution in [1.82, 2.24) is 5.43 Å². The summed E-state index contributed by atoms with van der Waals surface area (Å²) in [5.74, 6) is -1.99. The van der Waals surface area contributed by atoms with Crippen LogP contribution in [-0.4, -0.2) is 18.0 Å². The lowest BCUT2D eigenvalue weighted by molar-refractivity contribution is -0.137. The third-order valence-electron chi connectivity index (χ3n) is 2.02. The zero-order valence-corrected chi connectivity index (χ0v) is 9.15. The first-order valence-corrected chi connectivity index (χ1v) is 4.71. The topological polar surface area (TPSA) is 84.6 Å². The second kappa shape index (κ2) is 5.06. The highest BCUT2D eigenvalue weighted by Crippen LogP contribution is 2.07.